The highest BCUT2D eigenvalue weighted by atomic mass is 32.2. The molecule has 0 saturated heterocycles. The Morgan fingerprint density at radius 3 is 2.58 bits per heavy atom. The fraction of sp³-hybridized carbons (Fsp3) is 0.115. The number of benzene rings is 3. The van der Waals surface area contributed by atoms with E-state index in [4.69, 9.17) is 16.3 Å². The van der Waals surface area contributed by atoms with Gasteiger partial charge in [-0.25, -0.2) is 18.5 Å². The van der Waals surface area contributed by atoms with Crippen LogP contribution in [0, 0.1) is 12.3 Å². The van der Waals surface area contributed by atoms with Crippen molar-refractivity contribution in [2.24, 2.45) is 10.9 Å². The van der Waals surface area contributed by atoms with E-state index in [2.05, 4.69) is 4.98 Å². The van der Waals surface area contributed by atoms with Gasteiger partial charge < -0.3 is 10.6 Å². The first kappa shape index (κ1) is 23.9. The third-order valence-electron chi connectivity index (χ3n) is 6.10. The van der Waals surface area contributed by atoms with Crippen LogP contribution in [0.4, 0.5) is 5.69 Å². The van der Waals surface area contributed by atoms with Crippen molar-refractivity contribution in [1.82, 2.24) is 4.98 Å². The molecule has 0 atom stereocenters. The van der Waals surface area contributed by atoms with Crippen LogP contribution in [0.3, 0.4) is 0 Å². The number of rotatable bonds is 5. The summed E-state index contributed by atoms with van der Waals surface area (Å²) in [6.07, 6.45) is 0.638. The van der Waals surface area contributed by atoms with Crippen molar-refractivity contribution in [1.29, 1.82) is 5.41 Å². The van der Waals surface area contributed by atoms with Gasteiger partial charge in [0.25, 0.3) is 5.91 Å². The number of hydrogen-bond acceptors (Lipinski definition) is 6. The number of nitrogens with two attached hydrogens (primary N) is 2. The van der Waals surface area contributed by atoms with Crippen molar-refractivity contribution in [3.63, 3.8) is 0 Å². The molecule has 0 radical (unpaired) electrons. The molecule has 1 aliphatic rings. The Morgan fingerprint density at radius 1 is 1.06 bits per heavy atom. The quantitative estimate of drug-likeness (QED) is 0.272. The molecule has 3 aromatic carbocycles. The second kappa shape index (κ2) is 8.98. The van der Waals surface area contributed by atoms with Gasteiger partial charge in [-0.3, -0.25) is 10.2 Å². The van der Waals surface area contributed by atoms with Crippen molar-refractivity contribution < 1.29 is 13.2 Å². The van der Waals surface area contributed by atoms with Gasteiger partial charge >= 0.3 is 0 Å². The summed E-state index contributed by atoms with van der Waals surface area (Å²) in [6.45, 7) is 2.35. The van der Waals surface area contributed by atoms with Gasteiger partial charge in [-0.1, -0.05) is 42.5 Å². The van der Waals surface area contributed by atoms with Crippen LogP contribution in [-0.2, 0) is 16.4 Å². The van der Waals surface area contributed by atoms with Gasteiger partial charge in [-0.15, -0.1) is 11.3 Å². The third kappa shape index (κ3) is 4.30. The molecule has 0 spiro atoms. The van der Waals surface area contributed by atoms with Gasteiger partial charge in [0.05, 0.1) is 15.6 Å². The smallest absolute Gasteiger partial charge is 0.270 e. The van der Waals surface area contributed by atoms with Crippen LogP contribution >= 0.6 is 11.3 Å². The first-order valence-corrected chi connectivity index (χ1v) is 13.5. The summed E-state index contributed by atoms with van der Waals surface area (Å²) < 4.78 is 24.1. The minimum Gasteiger partial charge on any atom is -0.384 e. The molecule has 0 saturated carbocycles. The summed E-state index contributed by atoms with van der Waals surface area (Å²) in [6, 6.07) is 19.3. The van der Waals surface area contributed by atoms with Crippen molar-refractivity contribution in [3.8, 4) is 22.4 Å². The number of thiazole rings is 1. The normalized spacial score (nSPS) is 13.0. The Bertz CT molecular complexity index is 1640. The van der Waals surface area contributed by atoms with Crippen molar-refractivity contribution in [2.45, 2.75) is 18.2 Å². The Morgan fingerprint density at radius 2 is 1.83 bits per heavy atom. The average Bonchev–Trinajstić information content (AvgIpc) is 3.46. The maximum absolute atomic E-state index is 13.7. The topological polar surface area (TPSA) is 143 Å². The van der Waals surface area contributed by atoms with Crippen molar-refractivity contribution in [3.05, 3.63) is 87.7 Å². The van der Waals surface area contributed by atoms with E-state index in [-0.39, 0.29) is 16.6 Å². The van der Waals surface area contributed by atoms with Crippen molar-refractivity contribution in [2.75, 3.05) is 11.4 Å². The molecule has 36 heavy (non-hydrogen) atoms. The molecule has 1 aromatic heterocycles. The fourth-order valence-corrected chi connectivity index (χ4v) is 6.11. The van der Waals surface area contributed by atoms with Crippen LogP contribution < -0.4 is 15.8 Å². The SMILES string of the molecule is Cc1nc(-c2cccc(C(=N)N)c2)c(C(=O)N2CCc3cc(-c4ccccc4S(N)(=O)=O)ccc32)s1. The van der Waals surface area contributed by atoms with E-state index in [1.807, 2.05) is 31.2 Å². The lowest BCUT2D eigenvalue weighted by Crippen LogP contribution is -2.28. The third-order valence-corrected chi connectivity index (χ3v) is 8.03. The fourth-order valence-electron chi connectivity index (χ4n) is 4.46. The Kier molecular flexibility index (Phi) is 5.95. The lowest BCUT2D eigenvalue weighted by atomic mass is 10.0. The number of hydrogen-bond donors (Lipinski definition) is 3. The standard InChI is InChI=1S/C26H23N5O3S2/c1-15-30-23(18-5-4-6-19(14-18)25(27)28)24(35-15)26(32)31-12-11-17-13-16(9-10-21(17)31)20-7-2-3-8-22(20)36(29,33)34/h2-10,13-14H,11-12H2,1H3,(H3,27,28)(H2,29,33,34). The predicted octanol–water partition coefficient (Wildman–Crippen LogP) is 3.92. The number of fused-ring (bicyclic) bond motifs is 1. The minimum absolute atomic E-state index is 0.0510. The number of nitrogens with zero attached hydrogens (tertiary/aromatic N) is 2. The highest BCUT2D eigenvalue weighted by Gasteiger charge is 2.30. The maximum Gasteiger partial charge on any atom is 0.270 e. The minimum atomic E-state index is -3.88. The number of anilines is 1. The first-order valence-electron chi connectivity index (χ1n) is 11.1. The molecule has 2 heterocycles. The molecule has 1 amide bonds. The molecule has 0 fully saturated rings. The lowest BCUT2D eigenvalue weighted by molar-refractivity contribution is 0.0993. The van der Waals surface area contributed by atoms with Crippen LogP contribution in [0.15, 0.2) is 71.6 Å². The molecule has 8 nitrogen and oxygen atoms in total. The summed E-state index contributed by atoms with van der Waals surface area (Å²) in [7, 11) is -3.88. The number of carbonyl (C=O) groups is 1. The van der Waals surface area contributed by atoms with Gasteiger partial charge in [-0.2, -0.15) is 0 Å². The molecule has 5 N–H and O–H groups in total. The number of sulfonamides is 1. The van der Waals surface area contributed by atoms with E-state index in [9.17, 15) is 13.2 Å². The molecule has 0 aliphatic carbocycles. The average molecular weight is 518 g/mol. The number of primary sulfonamides is 1. The second-order valence-corrected chi connectivity index (χ2v) is 11.2. The van der Waals surface area contributed by atoms with E-state index in [1.54, 1.807) is 41.3 Å². The zero-order chi connectivity index (χ0) is 25.6. The largest absolute Gasteiger partial charge is 0.384 e. The first-order chi connectivity index (χ1) is 17.1. The number of nitrogens with one attached hydrogen (secondary N) is 1. The summed E-state index contributed by atoms with van der Waals surface area (Å²) in [4.78, 5) is 20.6. The van der Waals surface area contributed by atoms with Crippen LogP contribution in [-0.4, -0.2) is 31.7 Å². The van der Waals surface area contributed by atoms with Crippen molar-refractivity contribution >= 4 is 38.8 Å². The Labute approximate surface area is 212 Å². The van der Waals surface area contributed by atoms with Crippen LogP contribution in [0.2, 0.25) is 0 Å². The van der Waals surface area contributed by atoms with E-state index in [0.717, 1.165) is 27.4 Å². The lowest BCUT2D eigenvalue weighted by Gasteiger charge is -2.18. The van der Waals surface area contributed by atoms with Gasteiger partial charge in [-0.05, 0) is 48.7 Å². The number of amidine groups is 1. The molecular weight excluding hydrogens is 494 g/mol. The summed E-state index contributed by atoms with van der Waals surface area (Å²) in [5.74, 6) is -0.203. The monoisotopic (exact) mass is 517 g/mol. The van der Waals surface area contributed by atoms with E-state index >= 15 is 0 Å². The molecule has 0 unspecified atom stereocenters. The molecule has 0 bridgehead atoms. The van der Waals surface area contributed by atoms with Gasteiger partial charge in [0, 0.05) is 28.9 Å². The van der Waals surface area contributed by atoms with Gasteiger partial charge in [0.1, 0.15) is 10.7 Å². The number of nitrogen functional groups attached to an aromatic ring is 1. The number of aromatic nitrogens is 1. The highest BCUT2D eigenvalue weighted by molar-refractivity contribution is 7.89. The molecular formula is C26H23N5O3S2. The van der Waals surface area contributed by atoms with Crippen LogP contribution in [0.25, 0.3) is 22.4 Å². The molecule has 4 aromatic rings. The van der Waals surface area contributed by atoms with Gasteiger partial charge in [0.2, 0.25) is 10.0 Å². The number of aryl methyl sites for hydroxylation is 1. The van der Waals surface area contributed by atoms with Crippen LogP contribution in [0.1, 0.15) is 25.8 Å². The molecule has 10 heteroatoms. The number of amides is 1. The molecule has 5 rings (SSSR count). The van der Waals surface area contributed by atoms with Crippen LogP contribution in [0.5, 0.6) is 0 Å². The highest BCUT2D eigenvalue weighted by Crippen LogP contribution is 2.37. The predicted molar refractivity (Wildman–Crippen MR) is 142 cm³/mol. The molecule has 1 aliphatic heterocycles. The summed E-state index contributed by atoms with van der Waals surface area (Å²) in [5, 5.41) is 13.9. The Hall–Kier alpha value is -3.86. The summed E-state index contributed by atoms with van der Waals surface area (Å²) >= 11 is 1.33. The number of carbonyl (C=O) groups excluding carboxylic acids is 1. The van der Waals surface area contributed by atoms with E-state index in [0.29, 0.717) is 34.7 Å². The van der Waals surface area contributed by atoms with Gasteiger partial charge in [0.15, 0.2) is 0 Å². The second-order valence-electron chi connectivity index (χ2n) is 8.50. The molecule has 182 valence electrons. The zero-order valence-corrected chi connectivity index (χ0v) is 21.0. The zero-order valence-electron chi connectivity index (χ0n) is 19.4. The van der Waals surface area contributed by atoms with E-state index in [1.165, 1.54) is 17.4 Å². The summed E-state index contributed by atoms with van der Waals surface area (Å²) in [5.41, 5.74) is 10.5. The maximum atomic E-state index is 13.7. The Balaban J connectivity index is 1.51. The van der Waals surface area contributed by atoms with E-state index < -0.39 is 10.0 Å².